The predicted octanol–water partition coefficient (Wildman–Crippen LogP) is 3.35. The van der Waals surface area contributed by atoms with Gasteiger partial charge in [0, 0.05) is 37.7 Å². The number of aromatic nitrogens is 1. The van der Waals surface area contributed by atoms with E-state index in [1.807, 2.05) is 29.2 Å². The fraction of sp³-hybridized carbons (Fsp3) is 0.222. The number of carbonyl (C=O) groups is 1. The van der Waals surface area contributed by atoms with Crippen LogP contribution in [0.1, 0.15) is 11.1 Å². The van der Waals surface area contributed by atoms with Crippen molar-refractivity contribution in [2.45, 2.75) is 6.92 Å². The van der Waals surface area contributed by atoms with Crippen molar-refractivity contribution < 1.29 is 4.79 Å². The van der Waals surface area contributed by atoms with Crippen LogP contribution in [0.2, 0.25) is 0 Å². The smallest absolute Gasteiger partial charge is 0.319 e. The molecule has 22 heavy (non-hydrogen) atoms. The third-order valence-corrected chi connectivity index (χ3v) is 3.75. The molecule has 1 saturated heterocycles. The van der Waals surface area contributed by atoms with Crippen LogP contribution in [-0.2, 0) is 0 Å². The van der Waals surface area contributed by atoms with Crippen LogP contribution in [-0.4, -0.2) is 35.5 Å². The molecule has 0 radical (unpaired) electrons. The minimum Gasteiger partial charge on any atom is -0.319 e. The van der Waals surface area contributed by atoms with Crippen molar-refractivity contribution in [3.05, 3.63) is 66.0 Å². The number of carbonyl (C=O) groups excluding carboxylic acids is 1. The van der Waals surface area contributed by atoms with Crippen LogP contribution in [0.25, 0.3) is 6.08 Å². The van der Waals surface area contributed by atoms with Gasteiger partial charge in [-0.05, 0) is 24.6 Å². The van der Waals surface area contributed by atoms with Gasteiger partial charge in [0.25, 0.3) is 0 Å². The number of hydrogen-bond donors (Lipinski definition) is 0. The third-order valence-electron chi connectivity index (χ3n) is 3.75. The molecule has 2 aromatic rings. The van der Waals surface area contributed by atoms with Gasteiger partial charge in [0.15, 0.2) is 0 Å². The molecule has 2 amide bonds. The Balaban J connectivity index is 1.61. The molecule has 4 nitrogen and oxygen atoms in total. The first-order chi connectivity index (χ1) is 10.7. The lowest BCUT2D eigenvalue weighted by molar-refractivity contribution is 0.225. The van der Waals surface area contributed by atoms with Crippen LogP contribution in [0.15, 0.2) is 54.9 Å². The second-order valence-electron chi connectivity index (χ2n) is 5.40. The number of aryl methyl sites for hydroxylation is 1. The number of benzene rings is 1. The Bertz CT molecular complexity index is 682. The first-order valence-corrected chi connectivity index (χ1v) is 7.44. The minimum absolute atomic E-state index is 0.0556. The maximum Gasteiger partial charge on any atom is 0.324 e. The SMILES string of the molecule is Cc1cccc(C=CCN2CCN(c3ccncc3)C2=O)c1. The molecular formula is C18H19N3O. The molecule has 2 heterocycles. The number of pyridine rings is 1. The lowest BCUT2D eigenvalue weighted by atomic mass is 10.1. The standard InChI is InChI=1S/C18H19N3O/c1-15-4-2-5-16(14-15)6-3-11-20-12-13-21(18(20)22)17-7-9-19-10-8-17/h2-10,14H,11-13H2,1H3. The maximum absolute atomic E-state index is 12.4. The molecule has 1 aromatic carbocycles. The van der Waals surface area contributed by atoms with E-state index in [-0.39, 0.29) is 6.03 Å². The van der Waals surface area contributed by atoms with E-state index < -0.39 is 0 Å². The summed E-state index contributed by atoms with van der Waals surface area (Å²) >= 11 is 0. The van der Waals surface area contributed by atoms with E-state index in [0.29, 0.717) is 6.54 Å². The molecule has 0 unspecified atom stereocenters. The van der Waals surface area contributed by atoms with Gasteiger partial charge in [-0.1, -0.05) is 42.0 Å². The van der Waals surface area contributed by atoms with E-state index in [4.69, 9.17) is 0 Å². The zero-order valence-corrected chi connectivity index (χ0v) is 12.6. The van der Waals surface area contributed by atoms with Crippen molar-refractivity contribution in [2.24, 2.45) is 0 Å². The van der Waals surface area contributed by atoms with Crippen LogP contribution in [0, 0.1) is 6.92 Å². The quantitative estimate of drug-likeness (QED) is 0.867. The summed E-state index contributed by atoms with van der Waals surface area (Å²) < 4.78 is 0. The number of nitrogens with zero attached hydrogens (tertiary/aromatic N) is 3. The van der Waals surface area contributed by atoms with Crippen LogP contribution in [0.3, 0.4) is 0 Å². The summed E-state index contributed by atoms with van der Waals surface area (Å²) in [5.74, 6) is 0. The summed E-state index contributed by atoms with van der Waals surface area (Å²) in [7, 11) is 0. The van der Waals surface area contributed by atoms with E-state index in [1.54, 1.807) is 17.3 Å². The van der Waals surface area contributed by atoms with Crippen molar-refractivity contribution >= 4 is 17.8 Å². The van der Waals surface area contributed by atoms with Gasteiger partial charge in [0.2, 0.25) is 0 Å². The first kappa shape index (κ1) is 14.3. The van der Waals surface area contributed by atoms with Crippen molar-refractivity contribution in [3.63, 3.8) is 0 Å². The number of amides is 2. The first-order valence-electron chi connectivity index (χ1n) is 7.44. The van der Waals surface area contributed by atoms with Gasteiger partial charge in [-0.25, -0.2) is 4.79 Å². The van der Waals surface area contributed by atoms with Crippen molar-refractivity contribution in [2.75, 3.05) is 24.5 Å². The maximum atomic E-state index is 12.4. The fourth-order valence-corrected chi connectivity index (χ4v) is 2.61. The highest BCUT2D eigenvalue weighted by Crippen LogP contribution is 2.19. The number of rotatable bonds is 4. The molecule has 4 heteroatoms. The summed E-state index contributed by atoms with van der Waals surface area (Å²) in [6.45, 7) is 4.18. The largest absolute Gasteiger partial charge is 0.324 e. The van der Waals surface area contributed by atoms with Crippen LogP contribution in [0.5, 0.6) is 0 Å². The zero-order valence-electron chi connectivity index (χ0n) is 12.6. The second-order valence-corrected chi connectivity index (χ2v) is 5.40. The molecule has 1 aromatic heterocycles. The highest BCUT2D eigenvalue weighted by Gasteiger charge is 2.28. The molecular weight excluding hydrogens is 274 g/mol. The highest BCUT2D eigenvalue weighted by molar-refractivity contribution is 5.94. The third kappa shape index (κ3) is 3.17. The van der Waals surface area contributed by atoms with Gasteiger partial charge >= 0.3 is 6.03 Å². The minimum atomic E-state index is 0.0556. The number of anilines is 1. The Morgan fingerprint density at radius 3 is 2.77 bits per heavy atom. The molecule has 3 rings (SSSR count). The van der Waals surface area contributed by atoms with Gasteiger partial charge in [0.05, 0.1) is 0 Å². The van der Waals surface area contributed by atoms with Gasteiger partial charge in [-0.15, -0.1) is 0 Å². The molecule has 0 spiro atoms. The van der Waals surface area contributed by atoms with Crippen molar-refractivity contribution in [1.29, 1.82) is 0 Å². The molecule has 1 aliphatic rings. The fourth-order valence-electron chi connectivity index (χ4n) is 2.61. The van der Waals surface area contributed by atoms with Crippen molar-refractivity contribution in [1.82, 2.24) is 9.88 Å². The summed E-state index contributed by atoms with van der Waals surface area (Å²) in [5, 5.41) is 0. The Labute approximate surface area is 130 Å². The lowest BCUT2D eigenvalue weighted by Crippen LogP contribution is -2.31. The molecule has 112 valence electrons. The number of hydrogen-bond acceptors (Lipinski definition) is 2. The molecule has 0 N–H and O–H groups in total. The second kappa shape index (κ2) is 6.43. The van der Waals surface area contributed by atoms with Crippen molar-refractivity contribution in [3.8, 4) is 0 Å². The Morgan fingerprint density at radius 2 is 2.00 bits per heavy atom. The van der Waals surface area contributed by atoms with E-state index >= 15 is 0 Å². The van der Waals surface area contributed by atoms with E-state index in [9.17, 15) is 4.79 Å². The molecule has 0 saturated carbocycles. The summed E-state index contributed by atoms with van der Waals surface area (Å²) in [6.07, 6.45) is 7.53. The Morgan fingerprint density at radius 1 is 1.18 bits per heavy atom. The zero-order chi connectivity index (χ0) is 15.4. The molecule has 0 atom stereocenters. The van der Waals surface area contributed by atoms with E-state index in [1.165, 1.54) is 5.56 Å². The monoisotopic (exact) mass is 293 g/mol. The van der Waals surface area contributed by atoms with Gasteiger partial charge < -0.3 is 4.90 Å². The molecule has 1 aliphatic heterocycles. The van der Waals surface area contributed by atoms with Gasteiger partial charge in [0.1, 0.15) is 0 Å². The van der Waals surface area contributed by atoms with Crippen LogP contribution >= 0.6 is 0 Å². The Kier molecular flexibility index (Phi) is 4.19. The topological polar surface area (TPSA) is 36.4 Å². The van der Waals surface area contributed by atoms with Gasteiger partial charge in [-0.2, -0.15) is 0 Å². The normalized spacial score (nSPS) is 15.0. The van der Waals surface area contributed by atoms with Gasteiger partial charge in [-0.3, -0.25) is 9.88 Å². The number of urea groups is 1. The summed E-state index contributed by atoms with van der Waals surface area (Å²) in [6, 6.07) is 12.1. The molecule has 0 aliphatic carbocycles. The van der Waals surface area contributed by atoms with E-state index in [0.717, 1.165) is 24.3 Å². The molecule has 0 bridgehead atoms. The average Bonchev–Trinajstić information content (AvgIpc) is 2.89. The highest BCUT2D eigenvalue weighted by atomic mass is 16.2. The average molecular weight is 293 g/mol. The summed E-state index contributed by atoms with van der Waals surface area (Å²) in [4.78, 5) is 20.0. The Hall–Kier alpha value is -2.62. The molecule has 1 fully saturated rings. The van der Waals surface area contributed by atoms with E-state index in [2.05, 4.69) is 36.2 Å². The van der Waals surface area contributed by atoms with Crippen LogP contribution < -0.4 is 4.90 Å². The summed E-state index contributed by atoms with van der Waals surface area (Å²) in [5.41, 5.74) is 3.31. The predicted molar refractivity (Wildman–Crippen MR) is 88.8 cm³/mol. The lowest BCUT2D eigenvalue weighted by Gasteiger charge is -2.17. The van der Waals surface area contributed by atoms with Crippen LogP contribution in [0.4, 0.5) is 10.5 Å².